The maximum absolute atomic E-state index is 11.1. The molecule has 0 heterocycles. The van der Waals surface area contributed by atoms with Crippen LogP contribution in [0.15, 0.2) is 0 Å². The van der Waals surface area contributed by atoms with Crippen LogP contribution >= 0.6 is 0 Å². The minimum Gasteiger partial charge on any atom is -0.372 e. The van der Waals surface area contributed by atoms with Crippen LogP contribution in [0.2, 0.25) is 0 Å². The molecule has 0 radical (unpaired) electrons. The molecule has 0 aliphatic heterocycles. The molecule has 0 aliphatic carbocycles. The second kappa shape index (κ2) is 32.7. The molecule has 0 fully saturated rings. The van der Waals surface area contributed by atoms with Crippen LogP contribution in [0.25, 0.3) is 0 Å². The van der Waals surface area contributed by atoms with Crippen LogP contribution in [0.5, 0.6) is 0 Å². The van der Waals surface area contributed by atoms with Crippen molar-refractivity contribution in [3.05, 3.63) is 0 Å². The average Bonchev–Trinajstić information content (AvgIpc) is 2.52. The first-order chi connectivity index (χ1) is 11.0. The maximum Gasteiger partial charge on any atom is 0.234 e. The van der Waals surface area contributed by atoms with Gasteiger partial charge in [-0.3, -0.25) is 9.59 Å². The molecule has 0 saturated heterocycles. The average molecular weight is 336 g/mol. The number of hydrogen-bond donors (Lipinski definition) is 5. The fraction of sp³-hybridized carbons (Fsp3) is 0.875. The van der Waals surface area contributed by atoms with Gasteiger partial charge in [0.15, 0.2) is 0 Å². The minimum absolute atomic E-state index is 0.0581. The summed E-state index contributed by atoms with van der Waals surface area (Å²) in [4.78, 5) is 19.7. The summed E-state index contributed by atoms with van der Waals surface area (Å²) in [6.45, 7) is 10.1. The summed E-state index contributed by atoms with van der Waals surface area (Å²) >= 11 is 0. The van der Waals surface area contributed by atoms with E-state index in [2.05, 4.69) is 23.3 Å². The Morgan fingerprint density at radius 3 is 1.91 bits per heavy atom. The number of rotatable bonds is 9. The van der Waals surface area contributed by atoms with Gasteiger partial charge < -0.3 is 27.8 Å². The molecule has 8 N–H and O–H groups in total. The highest BCUT2D eigenvalue weighted by Gasteiger charge is 2.04. The van der Waals surface area contributed by atoms with Crippen molar-refractivity contribution in [3.8, 4) is 0 Å². The van der Waals surface area contributed by atoms with Gasteiger partial charge in [-0.2, -0.15) is 0 Å². The highest BCUT2D eigenvalue weighted by atomic mass is 16.2. The molecule has 0 aromatic heterocycles. The number of nitrogens with one attached hydrogen (secondary N) is 2. The Bertz CT molecular complexity index is 215. The van der Waals surface area contributed by atoms with E-state index in [1.807, 2.05) is 20.8 Å². The van der Waals surface area contributed by atoms with E-state index in [4.69, 9.17) is 16.3 Å². The first kappa shape index (κ1) is 29.8. The number of carbonyl (C=O) groups is 2. The predicted molar refractivity (Wildman–Crippen MR) is 100.0 cm³/mol. The Morgan fingerprint density at radius 2 is 1.61 bits per heavy atom. The van der Waals surface area contributed by atoms with Gasteiger partial charge in [0.25, 0.3) is 0 Å². The van der Waals surface area contributed by atoms with E-state index >= 15 is 0 Å². The molecule has 7 heteroatoms. The van der Waals surface area contributed by atoms with Crippen LogP contribution in [0.3, 0.4) is 0 Å². The molecular formula is C16H41N5O2. The molecule has 0 rings (SSSR count). The van der Waals surface area contributed by atoms with Crippen LogP contribution in [0.4, 0.5) is 0 Å². The van der Waals surface area contributed by atoms with Gasteiger partial charge in [-0.25, -0.2) is 0 Å². The molecule has 2 amide bonds. The molecule has 0 spiro atoms. The highest BCUT2D eigenvalue weighted by Crippen LogP contribution is 1.98. The quantitative estimate of drug-likeness (QED) is 0.312. The molecular weight excluding hydrogens is 294 g/mol. The number of amides is 2. The fourth-order valence-electron chi connectivity index (χ4n) is 1.36. The largest absolute Gasteiger partial charge is 0.372 e. The van der Waals surface area contributed by atoms with Crippen molar-refractivity contribution in [2.45, 2.75) is 65.8 Å². The van der Waals surface area contributed by atoms with Crippen LogP contribution < -0.4 is 27.8 Å². The standard InChI is InChI=1S/C9H21N3O.C4H11N.C2H6.CH3NO/c1-8(5-3-4-6-10)12-9(13)7-11-2;1-2-3-4-5;1-2;2-1-3/h8,11H,3-7,10H2,1-2H3,(H,12,13);2-5H2,1H3;1-2H3;1H,(H2,2,3). The van der Waals surface area contributed by atoms with Gasteiger partial charge in [-0.05, 0) is 46.3 Å². The molecule has 1 atom stereocenters. The van der Waals surface area contributed by atoms with Crippen molar-refractivity contribution in [2.24, 2.45) is 17.2 Å². The monoisotopic (exact) mass is 335 g/mol. The third-order valence-corrected chi connectivity index (χ3v) is 2.39. The third-order valence-electron chi connectivity index (χ3n) is 2.39. The number of unbranched alkanes of at least 4 members (excludes halogenated alkanes) is 2. The van der Waals surface area contributed by atoms with E-state index in [1.54, 1.807) is 7.05 Å². The van der Waals surface area contributed by atoms with E-state index in [-0.39, 0.29) is 18.4 Å². The lowest BCUT2D eigenvalue weighted by Crippen LogP contribution is -2.38. The van der Waals surface area contributed by atoms with Gasteiger partial charge in [0.2, 0.25) is 12.3 Å². The zero-order chi connectivity index (χ0) is 18.9. The normalized spacial score (nSPS) is 9.70. The summed E-state index contributed by atoms with van der Waals surface area (Å²) in [5, 5.41) is 5.71. The van der Waals surface area contributed by atoms with Gasteiger partial charge in [0.1, 0.15) is 0 Å². The molecule has 0 aromatic carbocycles. The Labute approximate surface area is 143 Å². The van der Waals surface area contributed by atoms with Crippen molar-refractivity contribution in [1.82, 2.24) is 10.6 Å². The van der Waals surface area contributed by atoms with Crippen molar-refractivity contribution in [3.63, 3.8) is 0 Å². The van der Waals surface area contributed by atoms with Crippen molar-refractivity contribution < 1.29 is 9.59 Å². The van der Waals surface area contributed by atoms with Gasteiger partial charge in [0.05, 0.1) is 6.54 Å². The molecule has 0 aliphatic rings. The summed E-state index contributed by atoms with van der Waals surface area (Å²) in [5.41, 5.74) is 14.7. The van der Waals surface area contributed by atoms with E-state index in [0.717, 1.165) is 32.4 Å². The van der Waals surface area contributed by atoms with Crippen molar-refractivity contribution >= 4 is 12.3 Å². The Kier molecular flexibility index (Phi) is 42.3. The van der Waals surface area contributed by atoms with Crippen molar-refractivity contribution in [2.75, 3.05) is 26.7 Å². The molecule has 0 aromatic rings. The van der Waals surface area contributed by atoms with E-state index in [1.165, 1.54) is 12.8 Å². The number of nitrogens with two attached hydrogens (primary N) is 3. The number of primary amides is 1. The smallest absolute Gasteiger partial charge is 0.234 e. The fourth-order valence-corrected chi connectivity index (χ4v) is 1.36. The Balaban J connectivity index is -0.000000149. The maximum atomic E-state index is 11.1. The second-order valence-electron chi connectivity index (χ2n) is 4.56. The van der Waals surface area contributed by atoms with Crippen LogP contribution in [0, 0.1) is 0 Å². The first-order valence-corrected chi connectivity index (χ1v) is 8.53. The predicted octanol–water partition coefficient (Wildman–Crippen LogP) is 0.712. The van der Waals surface area contributed by atoms with Gasteiger partial charge in [-0.1, -0.05) is 33.6 Å². The van der Waals surface area contributed by atoms with Crippen molar-refractivity contribution in [1.29, 1.82) is 0 Å². The van der Waals surface area contributed by atoms with Gasteiger partial charge in [-0.15, -0.1) is 0 Å². The van der Waals surface area contributed by atoms with E-state index in [9.17, 15) is 4.79 Å². The van der Waals surface area contributed by atoms with E-state index < -0.39 is 0 Å². The van der Waals surface area contributed by atoms with Gasteiger partial charge in [0, 0.05) is 6.04 Å². The molecule has 23 heavy (non-hydrogen) atoms. The number of hydrogen-bond acceptors (Lipinski definition) is 5. The van der Waals surface area contributed by atoms with Crippen LogP contribution in [-0.4, -0.2) is 45.0 Å². The van der Waals surface area contributed by atoms with Gasteiger partial charge >= 0.3 is 0 Å². The Morgan fingerprint density at radius 1 is 1.13 bits per heavy atom. The zero-order valence-corrected chi connectivity index (χ0v) is 15.9. The molecule has 1 unspecified atom stereocenters. The lowest BCUT2D eigenvalue weighted by Gasteiger charge is -2.13. The molecule has 7 nitrogen and oxygen atoms in total. The lowest BCUT2D eigenvalue weighted by atomic mass is 10.1. The molecule has 0 saturated carbocycles. The van der Waals surface area contributed by atoms with E-state index in [0.29, 0.717) is 6.54 Å². The number of likely N-dealkylation sites (N-methyl/N-ethyl adjacent to an activating group) is 1. The summed E-state index contributed by atoms with van der Waals surface area (Å²) < 4.78 is 0. The third kappa shape index (κ3) is 44.9. The Hall–Kier alpha value is -1.18. The SMILES string of the molecule is CC.CCCCN.CNCC(=O)NC(C)CCCCN.NC=O. The summed E-state index contributed by atoms with van der Waals surface area (Å²) in [6, 6.07) is 0.257. The number of carbonyl (C=O) groups excluding carboxylic acids is 2. The van der Waals surface area contributed by atoms with Crippen LogP contribution in [-0.2, 0) is 9.59 Å². The highest BCUT2D eigenvalue weighted by molar-refractivity contribution is 5.78. The summed E-state index contributed by atoms with van der Waals surface area (Å²) in [5.74, 6) is 0.0581. The zero-order valence-electron chi connectivity index (χ0n) is 15.9. The second-order valence-corrected chi connectivity index (χ2v) is 4.56. The van der Waals surface area contributed by atoms with Crippen LogP contribution in [0.1, 0.15) is 59.8 Å². The summed E-state index contributed by atoms with van der Waals surface area (Å²) in [7, 11) is 1.76. The topological polar surface area (TPSA) is 136 Å². The lowest BCUT2D eigenvalue weighted by molar-refractivity contribution is -0.120. The summed E-state index contributed by atoms with van der Waals surface area (Å²) in [6.07, 6.45) is 5.76. The first-order valence-electron chi connectivity index (χ1n) is 8.53. The molecule has 142 valence electrons. The minimum atomic E-state index is 0.0581. The molecule has 0 bridgehead atoms.